The van der Waals surface area contributed by atoms with Gasteiger partial charge < -0.3 is 20.1 Å². The molecule has 1 aromatic heterocycles. The number of pyridine rings is 1. The molecule has 5 nitrogen and oxygen atoms in total. The number of hydrogen-bond acceptors (Lipinski definition) is 5. The summed E-state index contributed by atoms with van der Waals surface area (Å²) in [5.74, 6) is 0.984. The fourth-order valence-corrected chi connectivity index (χ4v) is 2.25. The molecule has 0 aromatic carbocycles. The number of unbranched alkanes of at least 4 members (excludes halogenated alkanes) is 1. The van der Waals surface area contributed by atoms with Gasteiger partial charge in [0, 0.05) is 39.5 Å². The summed E-state index contributed by atoms with van der Waals surface area (Å²) in [5.41, 5.74) is 2.33. The van der Waals surface area contributed by atoms with Crippen molar-refractivity contribution in [2.75, 3.05) is 44.9 Å². The number of nitrogens with one attached hydrogen (secondary N) is 1. The lowest BCUT2D eigenvalue weighted by molar-refractivity contribution is 0.199. The molecule has 0 fully saturated rings. The van der Waals surface area contributed by atoms with Crippen LogP contribution in [0.5, 0.6) is 0 Å². The Morgan fingerprint density at radius 3 is 2.81 bits per heavy atom. The summed E-state index contributed by atoms with van der Waals surface area (Å²) in [7, 11) is 1.70. The molecule has 0 saturated carbocycles. The normalized spacial score (nSPS) is 10.9. The quantitative estimate of drug-likeness (QED) is 0.609. The van der Waals surface area contributed by atoms with E-state index < -0.39 is 0 Å². The van der Waals surface area contributed by atoms with Gasteiger partial charge in [-0.15, -0.1) is 0 Å². The minimum Gasteiger partial charge on any atom is -0.395 e. The minimum absolute atomic E-state index is 0.158. The molecule has 0 atom stereocenters. The third-order valence-corrected chi connectivity index (χ3v) is 3.37. The van der Waals surface area contributed by atoms with Gasteiger partial charge in [0.15, 0.2) is 0 Å². The second-order valence-corrected chi connectivity index (χ2v) is 5.22. The van der Waals surface area contributed by atoms with Crippen molar-refractivity contribution in [3.05, 3.63) is 23.4 Å². The molecular weight excluding hydrogens is 266 g/mol. The van der Waals surface area contributed by atoms with Crippen molar-refractivity contribution in [2.45, 2.75) is 33.2 Å². The van der Waals surface area contributed by atoms with E-state index in [1.165, 1.54) is 5.56 Å². The summed E-state index contributed by atoms with van der Waals surface area (Å²) in [6, 6.07) is 2.17. The number of aliphatic hydroxyl groups is 1. The average Bonchev–Trinajstić information content (AvgIpc) is 2.48. The Morgan fingerprint density at radius 2 is 2.19 bits per heavy atom. The highest BCUT2D eigenvalue weighted by atomic mass is 16.5. The molecular formula is C16H29N3O2. The van der Waals surface area contributed by atoms with Crippen LogP contribution in [0.15, 0.2) is 12.3 Å². The van der Waals surface area contributed by atoms with Crippen LogP contribution >= 0.6 is 0 Å². The van der Waals surface area contributed by atoms with Crippen molar-refractivity contribution in [2.24, 2.45) is 0 Å². The molecule has 0 aliphatic heterocycles. The van der Waals surface area contributed by atoms with Gasteiger partial charge in [-0.3, -0.25) is 0 Å². The molecule has 21 heavy (non-hydrogen) atoms. The Hall–Kier alpha value is -1.17. The first-order valence-corrected chi connectivity index (χ1v) is 7.73. The van der Waals surface area contributed by atoms with E-state index in [9.17, 15) is 5.11 Å². The SMILES string of the molecule is CCCCN(CCO)c1ncc(CNCCOC)cc1C. The molecule has 2 N–H and O–H groups in total. The first kappa shape index (κ1) is 17.9. The zero-order chi connectivity index (χ0) is 15.5. The average molecular weight is 295 g/mol. The van der Waals surface area contributed by atoms with Gasteiger partial charge >= 0.3 is 0 Å². The molecule has 0 amide bonds. The van der Waals surface area contributed by atoms with Gasteiger partial charge in [0.05, 0.1) is 13.2 Å². The van der Waals surface area contributed by atoms with E-state index in [1.54, 1.807) is 7.11 Å². The van der Waals surface area contributed by atoms with Crippen molar-refractivity contribution < 1.29 is 9.84 Å². The summed E-state index contributed by atoms with van der Waals surface area (Å²) < 4.78 is 5.01. The van der Waals surface area contributed by atoms with Crippen LogP contribution in [0.3, 0.4) is 0 Å². The minimum atomic E-state index is 0.158. The molecule has 0 bridgehead atoms. The fraction of sp³-hybridized carbons (Fsp3) is 0.688. The molecule has 1 rings (SSSR count). The number of hydrogen-bond donors (Lipinski definition) is 2. The summed E-state index contributed by atoms with van der Waals surface area (Å²) in [4.78, 5) is 6.76. The van der Waals surface area contributed by atoms with E-state index in [-0.39, 0.29) is 6.61 Å². The molecule has 0 aliphatic rings. The summed E-state index contributed by atoms with van der Waals surface area (Å²) >= 11 is 0. The summed E-state index contributed by atoms with van der Waals surface area (Å²) in [6.45, 7) is 8.34. The number of nitrogens with zero attached hydrogens (tertiary/aromatic N) is 2. The summed E-state index contributed by atoms with van der Waals surface area (Å²) in [6.07, 6.45) is 4.17. The smallest absolute Gasteiger partial charge is 0.131 e. The van der Waals surface area contributed by atoms with Gasteiger partial charge in [-0.2, -0.15) is 0 Å². The number of aromatic nitrogens is 1. The number of aryl methyl sites for hydroxylation is 1. The van der Waals surface area contributed by atoms with Crippen LogP contribution in [0.1, 0.15) is 30.9 Å². The maximum Gasteiger partial charge on any atom is 0.131 e. The van der Waals surface area contributed by atoms with Gasteiger partial charge in [-0.25, -0.2) is 4.98 Å². The van der Waals surface area contributed by atoms with Crippen molar-refractivity contribution in [1.82, 2.24) is 10.3 Å². The van der Waals surface area contributed by atoms with E-state index in [0.717, 1.165) is 43.9 Å². The molecule has 0 aliphatic carbocycles. The zero-order valence-corrected chi connectivity index (χ0v) is 13.6. The Labute approximate surface area is 128 Å². The number of methoxy groups -OCH3 is 1. The summed E-state index contributed by atoms with van der Waals surface area (Å²) in [5, 5.41) is 12.5. The monoisotopic (exact) mass is 295 g/mol. The first-order valence-electron chi connectivity index (χ1n) is 7.73. The van der Waals surface area contributed by atoms with Crippen LogP contribution in [0.2, 0.25) is 0 Å². The fourth-order valence-electron chi connectivity index (χ4n) is 2.25. The van der Waals surface area contributed by atoms with Gasteiger partial charge in [-0.1, -0.05) is 13.3 Å². The van der Waals surface area contributed by atoms with E-state index >= 15 is 0 Å². The van der Waals surface area contributed by atoms with Crippen LogP contribution in [-0.2, 0) is 11.3 Å². The van der Waals surface area contributed by atoms with E-state index in [1.807, 2.05) is 6.20 Å². The second kappa shape index (κ2) is 10.5. The lowest BCUT2D eigenvalue weighted by Gasteiger charge is -2.24. The molecule has 1 aromatic rings. The van der Waals surface area contributed by atoms with Crippen LogP contribution in [-0.4, -0.2) is 50.0 Å². The Morgan fingerprint density at radius 1 is 1.38 bits per heavy atom. The molecule has 0 spiro atoms. The topological polar surface area (TPSA) is 57.6 Å². The van der Waals surface area contributed by atoms with Gasteiger partial charge in [0.1, 0.15) is 5.82 Å². The Kier molecular flexibility index (Phi) is 8.98. The van der Waals surface area contributed by atoms with Crippen molar-refractivity contribution in [3.63, 3.8) is 0 Å². The van der Waals surface area contributed by atoms with Crippen LogP contribution in [0.25, 0.3) is 0 Å². The van der Waals surface area contributed by atoms with Gasteiger partial charge in [-0.05, 0) is 30.5 Å². The number of ether oxygens (including phenoxy) is 1. The molecule has 1 heterocycles. The third-order valence-electron chi connectivity index (χ3n) is 3.37. The van der Waals surface area contributed by atoms with Crippen LogP contribution in [0, 0.1) is 6.92 Å². The standard InChI is InChI=1S/C16H29N3O2/c1-4-5-7-19(8-9-20)16-14(2)11-15(13-18-16)12-17-6-10-21-3/h11,13,17,20H,4-10,12H2,1-3H3. The predicted molar refractivity (Wildman–Crippen MR) is 86.8 cm³/mol. The highest BCUT2D eigenvalue weighted by Crippen LogP contribution is 2.18. The largest absolute Gasteiger partial charge is 0.395 e. The second-order valence-electron chi connectivity index (χ2n) is 5.22. The Bertz CT molecular complexity index is 399. The predicted octanol–water partition coefficient (Wildman–Crippen LogP) is 1.72. The van der Waals surface area contributed by atoms with E-state index in [4.69, 9.17) is 4.74 Å². The molecule has 0 unspecified atom stereocenters. The molecule has 0 saturated heterocycles. The number of rotatable bonds is 11. The maximum absolute atomic E-state index is 9.22. The van der Waals surface area contributed by atoms with Crippen molar-refractivity contribution in [1.29, 1.82) is 0 Å². The highest BCUT2D eigenvalue weighted by molar-refractivity contribution is 5.47. The van der Waals surface area contributed by atoms with Crippen molar-refractivity contribution >= 4 is 5.82 Å². The number of aliphatic hydroxyl groups excluding tert-OH is 1. The van der Waals surface area contributed by atoms with Gasteiger partial charge in [0.2, 0.25) is 0 Å². The van der Waals surface area contributed by atoms with Crippen LogP contribution in [0.4, 0.5) is 5.82 Å². The lowest BCUT2D eigenvalue weighted by Crippen LogP contribution is -2.29. The highest BCUT2D eigenvalue weighted by Gasteiger charge is 2.10. The molecule has 5 heteroatoms. The van der Waals surface area contributed by atoms with Crippen LogP contribution < -0.4 is 10.2 Å². The maximum atomic E-state index is 9.22. The molecule has 0 radical (unpaired) electrons. The molecule has 120 valence electrons. The Balaban J connectivity index is 2.65. The van der Waals surface area contributed by atoms with Gasteiger partial charge in [0.25, 0.3) is 0 Å². The zero-order valence-electron chi connectivity index (χ0n) is 13.6. The number of anilines is 1. The van der Waals surface area contributed by atoms with E-state index in [2.05, 4.69) is 35.1 Å². The third kappa shape index (κ3) is 6.42. The lowest BCUT2D eigenvalue weighted by atomic mass is 10.2. The van der Waals surface area contributed by atoms with E-state index in [0.29, 0.717) is 13.2 Å². The first-order chi connectivity index (χ1) is 10.2. The van der Waals surface area contributed by atoms with Crippen molar-refractivity contribution in [3.8, 4) is 0 Å².